The van der Waals surface area contributed by atoms with Gasteiger partial charge in [0.15, 0.2) is 16.7 Å². The minimum atomic E-state index is -0.996. The highest BCUT2D eigenvalue weighted by Gasteiger charge is 2.38. The van der Waals surface area contributed by atoms with Crippen LogP contribution in [0.5, 0.6) is 11.5 Å². The summed E-state index contributed by atoms with van der Waals surface area (Å²) in [5.74, 6) is -0.0905. The van der Waals surface area contributed by atoms with Crippen LogP contribution >= 0.6 is 11.8 Å². The van der Waals surface area contributed by atoms with Gasteiger partial charge in [-0.2, -0.15) is 0 Å². The van der Waals surface area contributed by atoms with Crippen LogP contribution in [0.4, 0.5) is 11.4 Å². The Labute approximate surface area is 231 Å². The van der Waals surface area contributed by atoms with Crippen molar-refractivity contribution in [3.05, 3.63) is 105 Å². The number of aliphatic imine (C=N–C) groups is 1. The number of methoxy groups -OCH3 is 1. The average molecular weight is 548 g/mol. The molecule has 0 saturated heterocycles. The fourth-order valence-corrected chi connectivity index (χ4v) is 5.00. The monoisotopic (exact) mass is 547 g/mol. The summed E-state index contributed by atoms with van der Waals surface area (Å²) in [6.45, 7) is 3.84. The summed E-state index contributed by atoms with van der Waals surface area (Å²) < 4.78 is 16.9. The Morgan fingerprint density at radius 1 is 1.08 bits per heavy atom. The number of rotatable bonds is 9. The molecule has 202 valence electrons. The molecule has 0 radical (unpaired) electrons. The lowest BCUT2D eigenvalue weighted by Crippen LogP contribution is -2.35. The maximum atomic E-state index is 13.3. The lowest BCUT2D eigenvalue weighted by molar-refractivity contribution is -0.385. The first-order valence-corrected chi connectivity index (χ1v) is 13.5. The number of amidine groups is 1. The van der Waals surface area contributed by atoms with Crippen molar-refractivity contribution >= 4 is 34.3 Å². The van der Waals surface area contributed by atoms with Gasteiger partial charge in [0.25, 0.3) is 5.69 Å². The Hall–Kier alpha value is -4.31. The topological polar surface area (TPSA) is 104 Å². The standard InChI is InChI=1S/C29H29N3O6S/c1-5-37-28(33)26-19(2)31(21-14-10-7-11-15-21)29(39-4)30-27(26)22-16-24(36-3)25(17-23(22)32(34)35)38-18-20-12-8-6-9-13-20/h6-17,27H,5,18H2,1-4H3/t27-/m1/s1. The van der Waals surface area contributed by atoms with Crippen molar-refractivity contribution in [2.24, 2.45) is 4.99 Å². The van der Waals surface area contributed by atoms with Crippen LogP contribution in [0, 0.1) is 10.1 Å². The summed E-state index contributed by atoms with van der Waals surface area (Å²) in [6, 6.07) is 20.8. The van der Waals surface area contributed by atoms with Gasteiger partial charge in [-0.3, -0.25) is 15.0 Å². The van der Waals surface area contributed by atoms with Crippen LogP contribution in [0.1, 0.15) is 31.0 Å². The number of para-hydroxylation sites is 1. The van der Waals surface area contributed by atoms with Gasteiger partial charge in [-0.05, 0) is 43.9 Å². The van der Waals surface area contributed by atoms with Crippen LogP contribution in [0.3, 0.4) is 0 Å². The minimum absolute atomic E-state index is 0.143. The maximum absolute atomic E-state index is 13.3. The molecule has 1 aliphatic rings. The van der Waals surface area contributed by atoms with E-state index in [1.807, 2.05) is 71.8 Å². The third-order valence-corrected chi connectivity index (χ3v) is 6.82. The zero-order valence-corrected chi connectivity index (χ0v) is 22.9. The number of thioether (sulfide) groups is 1. The van der Waals surface area contributed by atoms with Gasteiger partial charge in [0.05, 0.1) is 35.8 Å². The Balaban J connectivity index is 1.86. The molecule has 4 rings (SSSR count). The third-order valence-electron chi connectivity index (χ3n) is 6.16. The van der Waals surface area contributed by atoms with Crippen molar-refractivity contribution in [1.29, 1.82) is 0 Å². The summed E-state index contributed by atoms with van der Waals surface area (Å²) in [5.41, 5.74) is 2.45. The summed E-state index contributed by atoms with van der Waals surface area (Å²) in [4.78, 5) is 31.8. The highest BCUT2D eigenvalue weighted by molar-refractivity contribution is 8.13. The fraction of sp³-hybridized carbons (Fsp3) is 0.241. The Morgan fingerprint density at radius 2 is 1.74 bits per heavy atom. The Kier molecular flexibility index (Phi) is 8.88. The molecule has 0 bridgehead atoms. The number of hydrogen-bond donors (Lipinski definition) is 0. The molecule has 3 aromatic carbocycles. The second kappa shape index (κ2) is 12.5. The molecule has 3 aromatic rings. The van der Waals surface area contributed by atoms with Crippen LogP contribution in [0.15, 0.2) is 89.1 Å². The number of benzene rings is 3. The number of carbonyl (C=O) groups is 1. The van der Waals surface area contributed by atoms with E-state index in [1.54, 1.807) is 13.8 Å². The first-order chi connectivity index (χ1) is 18.9. The Morgan fingerprint density at radius 3 is 2.33 bits per heavy atom. The third kappa shape index (κ3) is 5.91. The van der Waals surface area contributed by atoms with Crippen LogP contribution in [0.25, 0.3) is 0 Å². The highest BCUT2D eigenvalue weighted by Crippen LogP contribution is 2.45. The predicted octanol–water partition coefficient (Wildman–Crippen LogP) is 6.30. The van der Waals surface area contributed by atoms with E-state index in [4.69, 9.17) is 19.2 Å². The highest BCUT2D eigenvalue weighted by atomic mass is 32.2. The molecular weight excluding hydrogens is 518 g/mol. The molecule has 9 nitrogen and oxygen atoms in total. The second-order valence-electron chi connectivity index (χ2n) is 8.50. The van der Waals surface area contributed by atoms with Gasteiger partial charge in [-0.1, -0.05) is 60.3 Å². The molecule has 1 heterocycles. The van der Waals surface area contributed by atoms with Gasteiger partial charge in [0, 0.05) is 11.4 Å². The largest absolute Gasteiger partial charge is 0.493 e. The molecule has 1 aliphatic heterocycles. The summed E-state index contributed by atoms with van der Waals surface area (Å²) in [6.07, 6.45) is 1.87. The molecule has 0 unspecified atom stereocenters. The lowest BCUT2D eigenvalue weighted by atomic mass is 9.94. The maximum Gasteiger partial charge on any atom is 0.338 e. The fourth-order valence-electron chi connectivity index (χ4n) is 4.36. The van der Waals surface area contributed by atoms with Crippen LogP contribution in [-0.2, 0) is 16.1 Å². The lowest BCUT2D eigenvalue weighted by Gasteiger charge is -2.34. The SMILES string of the molecule is CCOC(=O)C1=C(C)N(c2ccccc2)C(SC)=N[C@@H]1c1cc(OC)c(OCc2ccccc2)cc1[N+](=O)[O-]. The average Bonchev–Trinajstić information content (AvgIpc) is 2.96. The number of esters is 1. The number of nitrogens with zero attached hydrogens (tertiary/aromatic N) is 3. The van der Waals surface area contributed by atoms with Crippen molar-refractivity contribution in [2.45, 2.75) is 26.5 Å². The quantitative estimate of drug-likeness (QED) is 0.175. The zero-order chi connectivity index (χ0) is 27.9. The van der Waals surface area contributed by atoms with Gasteiger partial charge in [0.2, 0.25) is 0 Å². The van der Waals surface area contributed by atoms with E-state index >= 15 is 0 Å². The van der Waals surface area contributed by atoms with Gasteiger partial charge in [-0.25, -0.2) is 9.79 Å². The number of nitro benzene ring substituents is 1. The van der Waals surface area contributed by atoms with Gasteiger partial charge in [-0.15, -0.1) is 0 Å². The first-order valence-electron chi connectivity index (χ1n) is 12.3. The smallest absolute Gasteiger partial charge is 0.338 e. The van der Waals surface area contributed by atoms with Gasteiger partial charge in [0.1, 0.15) is 12.6 Å². The number of nitro groups is 1. The number of anilines is 1. The molecule has 1 atom stereocenters. The molecular formula is C29H29N3O6S. The zero-order valence-electron chi connectivity index (χ0n) is 22.1. The predicted molar refractivity (Wildman–Crippen MR) is 152 cm³/mol. The number of ether oxygens (including phenoxy) is 3. The normalized spacial score (nSPS) is 15.0. The van der Waals surface area contributed by atoms with E-state index in [9.17, 15) is 14.9 Å². The Bertz CT molecular complexity index is 1410. The first kappa shape index (κ1) is 27.7. The van der Waals surface area contributed by atoms with Crippen LogP contribution in [-0.4, -0.2) is 36.0 Å². The van der Waals surface area contributed by atoms with Crippen molar-refractivity contribution in [3.63, 3.8) is 0 Å². The van der Waals surface area contributed by atoms with E-state index in [0.717, 1.165) is 11.3 Å². The summed E-state index contributed by atoms with van der Waals surface area (Å²) in [7, 11) is 1.46. The van der Waals surface area contributed by atoms with E-state index in [2.05, 4.69) is 0 Å². The van der Waals surface area contributed by atoms with E-state index in [1.165, 1.54) is 31.0 Å². The van der Waals surface area contributed by atoms with Gasteiger partial charge >= 0.3 is 5.97 Å². The molecule has 39 heavy (non-hydrogen) atoms. The van der Waals surface area contributed by atoms with E-state index < -0.39 is 16.9 Å². The molecule has 0 N–H and O–H groups in total. The molecule has 0 fully saturated rings. The van der Waals surface area contributed by atoms with Crippen molar-refractivity contribution in [2.75, 3.05) is 24.9 Å². The second-order valence-corrected chi connectivity index (χ2v) is 9.28. The molecule has 0 aliphatic carbocycles. The number of carbonyl (C=O) groups excluding carboxylic acids is 1. The van der Waals surface area contributed by atoms with Crippen LogP contribution in [0.2, 0.25) is 0 Å². The van der Waals surface area contributed by atoms with Crippen molar-refractivity contribution < 1.29 is 23.9 Å². The summed E-state index contributed by atoms with van der Waals surface area (Å²) >= 11 is 1.37. The van der Waals surface area contributed by atoms with Gasteiger partial charge < -0.3 is 14.2 Å². The van der Waals surface area contributed by atoms with Crippen molar-refractivity contribution in [1.82, 2.24) is 0 Å². The molecule has 10 heteroatoms. The van der Waals surface area contributed by atoms with Crippen molar-refractivity contribution in [3.8, 4) is 11.5 Å². The molecule has 0 amide bonds. The molecule has 0 saturated carbocycles. The van der Waals surface area contributed by atoms with E-state index in [0.29, 0.717) is 16.6 Å². The molecule has 0 spiro atoms. The summed E-state index contributed by atoms with van der Waals surface area (Å²) in [5, 5.41) is 12.9. The number of hydrogen-bond acceptors (Lipinski definition) is 9. The molecule has 0 aromatic heterocycles. The van der Waals surface area contributed by atoms with Crippen LogP contribution < -0.4 is 14.4 Å². The minimum Gasteiger partial charge on any atom is -0.493 e. The van der Waals surface area contributed by atoms with E-state index in [-0.39, 0.29) is 35.8 Å². The number of allylic oxidation sites excluding steroid dienone is 1.